The predicted octanol–water partition coefficient (Wildman–Crippen LogP) is 6.45. The standard InChI is InChI=1S/C33H30FN2O4/c34-22-30(40-35)28-21-29(38-32(24-13-5-1-6-14-24)25-15-7-2-8-16-25)31(23-36(28)37)39-33(26-17-9-3-10-18-26)27-19-11-4-12-20-27/h1-21,23,30,32-33,37H,22,35H2/q+1. The normalized spacial score (nSPS) is 11.9. The van der Waals surface area contributed by atoms with Gasteiger partial charge in [0.05, 0.1) is 6.07 Å². The van der Waals surface area contributed by atoms with Crippen molar-refractivity contribution in [1.29, 1.82) is 0 Å². The van der Waals surface area contributed by atoms with Crippen molar-refractivity contribution in [2.45, 2.75) is 18.3 Å². The molecule has 0 amide bonds. The minimum atomic E-state index is -1.22. The molecular formula is C33H30FN2O4+. The Bertz CT molecular complexity index is 1410. The summed E-state index contributed by atoms with van der Waals surface area (Å²) >= 11 is 0. The van der Waals surface area contributed by atoms with Gasteiger partial charge in [0, 0.05) is 4.73 Å². The van der Waals surface area contributed by atoms with Gasteiger partial charge in [-0.05, 0) is 22.3 Å². The van der Waals surface area contributed by atoms with Gasteiger partial charge in [0.25, 0.3) is 11.9 Å². The van der Waals surface area contributed by atoms with Crippen molar-refractivity contribution in [1.82, 2.24) is 0 Å². The van der Waals surface area contributed by atoms with E-state index in [-0.39, 0.29) is 17.2 Å². The van der Waals surface area contributed by atoms with Gasteiger partial charge in [0.2, 0.25) is 5.75 Å². The zero-order valence-electron chi connectivity index (χ0n) is 21.7. The molecule has 0 aliphatic carbocycles. The summed E-state index contributed by atoms with van der Waals surface area (Å²) in [5.74, 6) is 5.88. The topological polar surface area (TPSA) is 77.8 Å². The molecule has 0 bridgehead atoms. The van der Waals surface area contributed by atoms with Crippen LogP contribution >= 0.6 is 0 Å². The van der Waals surface area contributed by atoms with Crippen molar-refractivity contribution in [3.8, 4) is 11.5 Å². The van der Waals surface area contributed by atoms with Gasteiger partial charge in [-0.1, -0.05) is 121 Å². The smallest absolute Gasteiger partial charge is 0.271 e. The summed E-state index contributed by atoms with van der Waals surface area (Å²) in [5.41, 5.74) is 3.69. The van der Waals surface area contributed by atoms with Crippen LogP contribution in [-0.4, -0.2) is 11.9 Å². The highest BCUT2D eigenvalue weighted by atomic mass is 19.1. The molecule has 4 aromatic carbocycles. The molecule has 0 fully saturated rings. The van der Waals surface area contributed by atoms with E-state index < -0.39 is 25.0 Å². The maximum Gasteiger partial charge on any atom is 0.271 e. The first-order chi connectivity index (χ1) is 19.7. The Morgan fingerprint density at radius 2 is 1.00 bits per heavy atom. The average Bonchev–Trinajstić information content (AvgIpc) is 3.02. The molecule has 6 nitrogen and oxygen atoms in total. The first kappa shape index (κ1) is 26.9. The van der Waals surface area contributed by atoms with Gasteiger partial charge >= 0.3 is 0 Å². The lowest BCUT2D eigenvalue weighted by Crippen LogP contribution is -2.38. The lowest BCUT2D eigenvalue weighted by Gasteiger charge is -2.24. The molecule has 3 N–H and O–H groups in total. The third kappa shape index (κ3) is 6.12. The number of aromatic nitrogens is 1. The minimum Gasteiger partial charge on any atom is -0.477 e. The molecule has 0 saturated heterocycles. The Morgan fingerprint density at radius 3 is 1.35 bits per heavy atom. The number of ether oxygens (including phenoxy) is 2. The van der Waals surface area contributed by atoms with E-state index in [1.54, 1.807) is 0 Å². The fourth-order valence-corrected chi connectivity index (χ4v) is 4.55. The number of halogens is 1. The maximum absolute atomic E-state index is 13.8. The molecule has 0 aliphatic rings. The number of hydrogen-bond donors (Lipinski definition) is 2. The lowest BCUT2D eigenvalue weighted by molar-refractivity contribution is -0.911. The average molecular weight is 538 g/mol. The first-order valence-corrected chi connectivity index (χ1v) is 12.9. The molecule has 1 aromatic heterocycles. The summed E-state index contributed by atoms with van der Waals surface area (Å²) in [6, 6.07) is 40.5. The number of hydrogen-bond acceptors (Lipinski definition) is 5. The van der Waals surface area contributed by atoms with Crippen LogP contribution in [0, 0.1) is 0 Å². The number of nitrogens with zero attached hydrogens (tertiary/aromatic N) is 1. The fourth-order valence-electron chi connectivity index (χ4n) is 4.55. The van der Waals surface area contributed by atoms with Gasteiger partial charge in [-0.3, -0.25) is 10.0 Å². The molecule has 0 aliphatic heterocycles. The summed E-state index contributed by atoms with van der Waals surface area (Å²) < 4.78 is 27.8. The minimum absolute atomic E-state index is 0.0724. The zero-order valence-corrected chi connectivity index (χ0v) is 21.7. The molecule has 5 rings (SSSR count). The van der Waals surface area contributed by atoms with Gasteiger partial charge in [-0.15, -0.1) is 0 Å². The number of pyridine rings is 1. The molecular weight excluding hydrogens is 507 g/mol. The number of benzene rings is 4. The van der Waals surface area contributed by atoms with Crippen LogP contribution in [0.2, 0.25) is 0 Å². The van der Waals surface area contributed by atoms with Crippen molar-refractivity contribution in [3.05, 3.63) is 162 Å². The molecule has 1 atom stereocenters. The zero-order chi connectivity index (χ0) is 27.7. The Kier molecular flexibility index (Phi) is 8.66. The van der Waals surface area contributed by atoms with Gasteiger partial charge in [-0.2, -0.15) is 0 Å². The van der Waals surface area contributed by atoms with Gasteiger partial charge in [0.15, 0.2) is 11.9 Å². The second-order valence-electron chi connectivity index (χ2n) is 9.19. The quantitative estimate of drug-likeness (QED) is 0.115. The van der Waals surface area contributed by atoms with E-state index in [2.05, 4.69) is 0 Å². The van der Waals surface area contributed by atoms with E-state index in [9.17, 15) is 9.60 Å². The fraction of sp³-hybridized carbons (Fsp3) is 0.121. The first-order valence-electron chi connectivity index (χ1n) is 12.9. The molecule has 202 valence electrons. The van der Waals surface area contributed by atoms with E-state index in [1.165, 1.54) is 12.3 Å². The van der Waals surface area contributed by atoms with E-state index in [0.717, 1.165) is 27.0 Å². The molecule has 0 spiro atoms. The van der Waals surface area contributed by atoms with E-state index >= 15 is 0 Å². The number of rotatable bonds is 11. The highest BCUT2D eigenvalue weighted by Crippen LogP contribution is 2.38. The SMILES string of the molecule is NOC(CF)c1cc(OC(c2ccccc2)c2ccccc2)c(OC(c2ccccc2)c2ccccc2)c[n+]1O. The predicted molar refractivity (Wildman–Crippen MR) is 149 cm³/mol. The Morgan fingerprint density at radius 1 is 0.625 bits per heavy atom. The van der Waals surface area contributed by atoms with Gasteiger partial charge in [0.1, 0.15) is 18.9 Å². The summed E-state index contributed by atoms with van der Waals surface area (Å²) in [5, 5.41) is 10.8. The summed E-state index contributed by atoms with van der Waals surface area (Å²) in [6.45, 7) is -0.950. The van der Waals surface area contributed by atoms with Crippen molar-refractivity contribution in [3.63, 3.8) is 0 Å². The molecule has 5 aromatic rings. The second-order valence-corrected chi connectivity index (χ2v) is 9.19. The molecule has 1 heterocycles. The van der Waals surface area contributed by atoms with Gasteiger partial charge in [-0.25, -0.2) is 10.3 Å². The van der Waals surface area contributed by atoms with Crippen molar-refractivity contribution >= 4 is 0 Å². The third-order valence-corrected chi connectivity index (χ3v) is 6.56. The maximum atomic E-state index is 13.8. The van der Waals surface area contributed by atoms with E-state index in [1.807, 2.05) is 121 Å². The highest BCUT2D eigenvalue weighted by Gasteiger charge is 2.31. The Hall–Kier alpha value is -4.72. The number of nitrogens with two attached hydrogens (primary N) is 1. The summed E-state index contributed by atoms with van der Waals surface area (Å²) in [7, 11) is 0. The van der Waals surface area contributed by atoms with Crippen molar-refractivity contribution in [2.75, 3.05) is 6.67 Å². The van der Waals surface area contributed by atoms with Gasteiger partial charge < -0.3 is 9.47 Å². The molecule has 40 heavy (non-hydrogen) atoms. The van der Waals surface area contributed by atoms with E-state index in [4.69, 9.17) is 20.2 Å². The molecule has 7 heteroatoms. The highest BCUT2D eigenvalue weighted by molar-refractivity contribution is 5.42. The second kappa shape index (κ2) is 12.9. The Balaban J connectivity index is 1.63. The van der Waals surface area contributed by atoms with Crippen LogP contribution in [0.4, 0.5) is 4.39 Å². The van der Waals surface area contributed by atoms with Crippen LogP contribution in [0.5, 0.6) is 11.5 Å². The molecule has 0 radical (unpaired) electrons. The van der Waals surface area contributed by atoms with Crippen molar-refractivity contribution < 1.29 is 28.6 Å². The van der Waals surface area contributed by atoms with Crippen molar-refractivity contribution in [2.24, 2.45) is 5.90 Å². The van der Waals surface area contributed by atoms with Crippen LogP contribution < -0.4 is 20.1 Å². The lowest BCUT2D eigenvalue weighted by atomic mass is 10.0. The number of alkyl halides is 1. The molecule has 0 saturated carbocycles. The largest absolute Gasteiger partial charge is 0.477 e. The Labute approximate surface area is 232 Å². The van der Waals surface area contributed by atoms with Crippen LogP contribution in [0.15, 0.2) is 134 Å². The van der Waals surface area contributed by atoms with Crippen LogP contribution in [0.1, 0.15) is 46.3 Å². The third-order valence-electron chi connectivity index (χ3n) is 6.56. The van der Waals surface area contributed by atoms with E-state index in [0.29, 0.717) is 0 Å². The monoisotopic (exact) mass is 537 g/mol. The summed E-state index contributed by atoms with van der Waals surface area (Å²) in [4.78, 5) is 4.80. The van der Waals surface area contributed by atoms with Crippen LogP contribution in [-0.2, 0) is 4.84 Å². The van der Waals surface area contributed by atoms with Crippen LogP contribution in [0.25, 0.3) is 0 Å². The molecule has 1 unspecified atom stereocenters. The van der Waals surface area contributed by atoms with Crippen LogP contribution in [0.3, 0.4) is 0 Å². The summed E-state index contributed by atoms with van der Waals surface area (Å²) in [6.07, 6.45) is -0.919.